The van der Waals surface area contributed by atoms with E-state index in [9.17, 15) is 5.11 Å². The zero-order valence-corrected chi connectivity index (χ0v) is 16.9. The number of benzene rings is 1. The maximum absolute atomic E-state index is 9.90. The van der Waals surface area contributed by atoms with Gasteiger partial charge in [-0.3, -0.25) is 0 Å². The molecule has 2 heteroatoms. The topological polar surface area (TPSA) is 24.1 Å². The van der Waals surface area contributed by atoms with Crippen LogP contribution in [0.2, 0.25) is 0 Å². The van der Waals surface area contributed by atoms with Crippen LogP contribution >= 0.6 is 0 Å². The van der Waals surface area contributed by atoms with E-state index >= 15 is 0 Å². The SMILES string of the molecule is CCCCCCCCCCCC[n+]1ccccc1/C=C/c1ccccc1O. The number of nitrogens with zero attached hydrogens (tertiary/aromatic N) is 1. The average molecular weight is 367 g/mol. The Morgan fingerprint density at radius 3 is 2.07 bits per heavy atom. The van der Waals surface area contributed by atoms with Crippen LogP contribution in [0.25, 0.3) is 12.2 Å². The van der Waals surface area contributed by atoms with Crippen molar-refractivity contribution in [1.82, 2.24) is 0 Å². The number of rotatable bonds is 13. The van der Waals surface area contributed by atoms with Crippen molar-refractivity contribution in [1.29, 1.82) is 0 Å². The lowest BCUT2D eigenvalue weighted by atomic mass is 10.1. The van der Waals surface area contributed by atoms with E-state index < -0.39 is 0 Å². The zero-order chi connectivity index (χ0) is 19.2. The van der Waals surface area contributed by atoms with Gasteiger partial charge in [0.25, 0.3) is 0 Å². The highest BCUT2D eigenvalue weighted by atomic mass is 16.3. The van der Waals surface area contributed by atoms with Crippen molar-refractivity contribution in [2.24, 2.45) is 0 Å². The molecule has 1 N–H and O–H groups in total. The van der Waals surface area contributed by atoms with Crippen molar-refractivity contribution in [3.05, 3.63) is 59.9 Å². The van der Waals surface area contributed by atoms with E-state index in [-0.39, 0.29) is 0 Å². The Labute approximate surface area is 165 Å². The minimum atomic E-state index is 0.325. The molecule has 2 rings (SSSR count). The average Bonchev–Trinajstić information content (AvgIpc) is 2.69. The predicted octanol–water partition coefficient (Wildman–Crippen LogP) is 6.77. The molecule has 0 radical (unpaired) electrons. The van der Waals surface area contributed by atoms with Crippen molar-refractivity contribution in [3.8, 4) is 5.75 Å². The zero-order valence-electron chi connectivity index (χ0n) is 16.9. The molecule has 2 aromatic rings. The smallest absolute Gasteiger partial charge is 0.205 e. The number of aromatic hydroxyl groups is 1. The number of aryl methyl sites for hydroxylation is 1. The van der Waals surface area contributed by atoms with Gasteiger partial charge in [-0.05, 0) is 24.6 Å². The van der Waals surface area contributed by atoms with Crippen LogP contribution in [0.3, 0.4) is 0 Å². The minimum absolute atomic E-state index is 0.325. The third kappa shape index (κ3) is 8.43. The van der Waals surface area contributed by atoms with E-state index in [1.807, 2.05) is 24.3 Å². The molecular weight excluding hydrogens is 330 g/mol. The first-order valence-corrected chi connectivity index (χ1v) is 10.8. The molecule has 146 valence electrons. The van der Waals surface area contributed by atoms with E-state index in [0.717, 1.165) is 12.1 Å². The Hall–Kier alpha value is -2.09. The van der Waals surface area contributed by atoms with Crippen LogP contribution in [-0.2, 0) is 6.54 Å². The summed E-state index contributed by atoms with van der Waals surface area (Å²) < 4.78 is 2.31. The molecule has 0 spiro atoms. The molecule has 0 saturated carbocycles. The van der Waals surface area contributed by atoms with E-state index in [2.05, 4.69) is 42.0 Å². The van der Waals surface area contributed by atoms with Gasteiger partial charge in [0, 0.05) is 30.2 Å². The summed E-state index contributed by atoms with van der Waals surface area (Å²) in [6, 6.07) is 13.7. The minimum Gasteiger partial charge on any atom is -0.507 e. The number of pyridine rings is 1. The Kier molecular flexibility index (Phi) is 10.3. The maximum Gasteiger partial charge on any atom is 0.205 e. The quantitative estimate of drug-likeness (QED) is 0.307. The van der Waals surface area contributed by atoms with Gasteiger partial charge in [-0.15, -0.1) is 0 Å². The third-order valence-electron chi connectivity index (χ3n) is 5.10. The van der Waals surface area contributed by atoms with E-state index in [1.165, 1.54) is 69.9 Å². The first kappa shape index (κ1) is 21.2. The Bertz CT molecular complexity index is 678. The molecule has 27 heavy (non-hydrogen) atoms. The molecule has 0 fully saturated rings. The predicted molar refractivity (Wildman–Crippen MR) is 116 cm³/mol. The van der Waals surface area contributed by atoms with Gasteiger partial charge >= 0.3 is 0 Å². The number of unbranched alkanes of at least 4 members (excludes halogenated alkanes) is 9. The van der Waals surface area contributed by atoms with Crippen molar-refractivity contribution in [2.75, 3.05) is 0 Å². The highest BCUT2D eigenvalue weighted by Gasteiger charge is 2.06. The van der Waals surface area contributed by atoms with Crippen LogP contribution < -0.4 is 4.57 Å². The molecule has 0 amide bonds. The summed E-state index contributed by atoms with van der Waals surface area (Å²) in [5.41, 5.74) is 2.03. The van der Waals surface area contributed by atoms with Gasteiger partial charge in [-0.1, -0.05) is 76.5 Å². The fourth-order valence-electron chi connectivity index (χ4n) is 3.42. The van der Waals surface area contributed by atoms with Gasteiger partial charge in [0.1, 0.15) is 12.3 Å². The maximum atomic E-state index is 9.90. The van der Waals surface area contributed by atoms with Crippen LogP contribution in [0.1, 0.15) is 82.4 Å². The number of hydrogen-bond donors (Lipinski definition) is 1. The summed E-state index contributed by atoms with van der Waals surface area (Å²) in [7, 11) is 0. The molecular formula is C25H36NO+. The summed E-state index contributed by atoms with van der Waals surface area (Å²) in [6.07, 6.45) is 19.9. The summed E-state index contributed by atoms with van der Waals surface area (Å²) in [5.74, 6) is 0.325. The second-order valence-electron chi connectivity index (χ2n) is 7.39. The molecule has 1 aromatic carbocycles. The molecule has 0 bridgehead atoms. The fraction of sp³-hybridized carbons (Fsp3) is 0.480. The Morgan fingerprint density at radius 2 is 1.37 bits per heavy atom. The molecule has 1 aromatic heterocycles. The molecule has 2 nitrogen and oxygen atoms in total. The second-order valence-corrected chi connectivity index (χ2v) is 7.39. The van der Waals surface area contributed by atoms with Crippen molar-refractivity contribution < 1.29 is 9.67 Å². The summed E-state index contributed by atoms with van der Waals surface area (Å²) in [4.78, 5) is 0. The lowest BCUT2D eigenvalue weighted by molar-refractivity contribution is -0.699. The lowest BCUT2D eigenvalue weighted by Gasteiger charge is -2.03. The number of phenols is 1. The number of para-hydroxylation sites is 1. The van der Waals surface area contributed by atoms with Gasteiger partial charge in [0.15, 0.2) is 6.20 Å². The lowest BCUT2D eigenvalue weighted by Crippen LogP contribution is -2.36. The first-order valence-electron chi connectivity index (χ1n) is 10.8. The summed E-state index contributed by atoms with van der Waals surface area (Å²) in [6.45, 7) is 3.33. The van der Waals surface area contributed by atoms with Crippen molar-refractivity contribution in [2.45, 2.75) is 77.7 Å². The standard InChI is InChI=1S/C25H35NO/c1-2-3-4-5-6-7-8-9-10-14-21-26-22-15-13-17-24(26)20-19-23-16-11-12-18-25(23)27/h11-13,15-20,22H,2-10,14,21H2,1H3/p+1. The fourth-order valence-corrected chi connectivity index (χ4v) is 3.42. The number of hydrogen-bond acceptors (Lipinski definition) is 1. The molecule has 1 heterocycles. The molecule has 0 aliphatic rings. The van der Waals surface area contributed by atoms with Gasteiger partial charge in [-0.2, -0.15) is 4.57 Å². The normalized spacial score (nSPS) is 11.3. The van der Waals surface area contributed by atoms with Gasteiger partial charge in [0.05, 0.1) is 0 Å². The third-order valence-corrected chi connectivity index (χ3v) is 5.10. The van der Waals surface area contributed by atoms with Crippen molar-refractivity contribution in [3.63, 3.8) is 0 Å². The summed E-state index contributed by atoms with van der Waals surface area (Å²) >= 11 is 0. The van der Waals surface area contributed by atoms with Crippen LogP contribution in [0.5, 0.6) is 5.75 Å². The Balaban J connectivity index is 1.71. The molecule has 0 unspecified atom stereocenters. The largest absolute Gasteiger partial charge is 0.507 e. The second kappa shape index (κ2) is 13.1. The van der Waals surface area contributed by atoms with E-state index in [1.54, 1.807) is 6.07 Å². The van der Waals surface area contributed by atoms with Crippen molar-refractivity contribution >= 4 is 12.2 Å². The van der Waals surface area contributed by atoms with E-state index in [4.69, 9.17) is 0 Å². The first-order chi connectivity index (χ1) is 13.3. The number of phenolic OH excluding ortho intramolecular Hbond substituents is 1. The number of aromatic nitrogens is 1. The van der Waals surface area contributed by atoms with Gasteiger partial charge in [0.2, 0.25) is 5.69 Å². The van der Waals surface area contributed by atoms with Gasteiger partial charge in [-0.25, -0.2) is 0 Å². The molecule has 0 saturated heterocycles. The van der Waals surface area contributed by atoms with Crippen LogP contribution in [0.15, 0.2) is 48.7 Å². The summed E-state index contributed by atoms with van der Waals surface area (Å²) in [5, 5.41) is 9.90. The molecule has 0 aliphatic heterocycles. The molecule has 0 atom stereocenters. The van der Waals surface area contributed by atoms with Crippen LogP contribution in [0, 0.1) is 0 Å². The highest BCUT2D eigenvalue weighted by molar-refractivity contribution is 5.70. The van der Waals surface area contributed by atoms with Crippen LogP contribution in [0.4, 0.5) is 0 Å². The molecule has 0 aliphatic carbocycles. The monoisotopic (exact) mass is 366 g/mol. The van der Waals surface area contributed by atoms with Crippen LogP contribution in [-0.4, -0.2) is 5.11 Å². The van der Waals surface area contributed by atoms with E-state index in [0.29, 0.717) is 5.75 Å². The highest BCUT2D eigenvalue weighted by Crippen LogP contribution is 2.18. The van der Waals surface area contributed by atoms with Gasteiger partial charge < -0.3 is 5.11 Å². The Morgan fingerprint density at radius 1 is 0.741 bits per heavy atom.